The van der Waals surface area contributed by atoms with Crippen molar-refractivity contribution >= 4 is 28.8 Å². The summed E-state index contributed by atoms with van der Waals surface area (Å²) in [5, 5.41) is 0.172. The van der Waals surface area contributed by atoms with Gasteiger partial charge < -0.3 is 4.90 Å². The number of ketones is 2. The van der Waals surface area contributed by atoms with Crippen LogP contribution in [0.5, 0.6) is 0 Å². The maximum atomic E-state index is 12.9. The highest BCUT2D eigenvalue weighted by molar-refractivity contribution is 7.16. The maximum absolute atomic E-state index is 12.9. The summed E-state index contributed by atoms with van der Waals surface area (Å²) in [7, 11) is 0. The van der Waals surface area contributed by atoms with E-state index in [2.05, 4.69) is 9.97 Å². The van der Waals surface area contributed by atoms with Gasteiger partial charge in [-0.2, -0.15) is 0 Å². The Balaban J connectivity index is 1.51. The van der Waals surface area contributed by atoms with Gasteiger partial charge >= 0.3 is 0 Å². The molecule has 2 aromatic heterocycles. The van der Waals surface area contributed by atoms with Crippen molar-refractivity contribution in [2.75, 3.05) is 0 Å². The summed E-state index contributed by atoms with van der Waals surface area (Å²) in [6, 6.07) is 9.39. The second kappa shape index (κ2) is 5.40. The van der Waals surface area contributed by atoms with E-state index < -0.39 is 0 Å². The van der Waals surface area contributed by atoms with Crippen molar-refractivity contribution < 1.29 is 14.4 Å². The van der Waals surface area contributed by atoms with Crippen molar-refractivity contribution in [3.05, 3.63) is 80.6 Å². The predicted octanol–water partition coefficient (Wildman–Crippen LogP) is 2.47. The van der Waals surface area contributed by atoms with Crippen molar-refractivity contribution in [3.8, 4) is 0 Å². The summed E-state index contributed by atoms with van der Waals surface area (Å²) >= 11 is 0.991. The molecule has 0 saturated carbocycles. The Kier molecular flexibility index (Phi) is 3.14. The highest BCUT2D eigenvalue weighted by Crippen LogP contribution is 2.32. The molecule has 0 bridgehead atoms. The quantitative estimate of drug-likeness (QED) is 0.520. The number of hydrogen-bond donors (Lipinski definition) is 0. The average molecular weight is 361 g/mol. The molecule has 0 unspecified atom stereocenters. The molecule has 0 spiro atoms. The van der Waals surface area contributed by atoms with Gasteiger partial charge in [0, 0.05) is 31.0 Å². The Labute approximate surface area is 152 Å². The van der Waals surface area contributed by atoms with Crippen LogP contribution in [0.1, 0.15) is 52.2 Å². The normalized spacial score (nSPS) is 14.8. The molecular weight excluding hydrogens is 350 g/mol. The van der Waals surface area contributed by atoms with Crippen LogP contribution in [0.4, 0.5) is 0 Å². The molecule has 26 heavy (non-hydrogen) atoms. The number of thiazole rings is 1. The fourth-order valence-electron chi connectivity index (χ4n) is 3.35. The molecule has 1 amide bonds. The highest BCUT2D eigenvalue weighted by Gasteiger charge is 2.36. The van der Waals surface area contributed by atoms with Crippen LogP contribution in [0.3, 0.4) is 0 Å². The number of amides is 1. The van der Waals surface area contributed by atoms with Crippen molar-refractivity contribution in [1.29, 1.82) is 0 Å². The molecule has 0 radical (unpaired) electrons. The second-order valence-corrected chi connectivity index (χ2v) is 7.21. The first kappa shape index (κ1) is 15.1. The minimum atomic E-state index is -0.359. The van der Waals surface area contributed by atoms with E-state index in [0.717, 1.165) is 22.5 Å². The third-order valence-electron chi connectivity index (χ3n) is 4.67. The van der Waals surface area contributed by atoms with Crippen molar-refractivity contribution in [2.45, 2.75) is 13.1 Å². The highest BCUT2D eigenvalue weighted by atomic mass is 32.1. The Bertz CT molecular complexity index is 1040. The number of carbonyl (C=O) groups excluding carboxylic acids is 3. The van der Waals surface area contributed by atoms with Crippen LogP contribution in [0.2, 0.25) is 0 Å². The molecule has 1 aliphatic heterocycles. The minimum absolute atomic E-state index is 0.0561. The number of rotatable bonds is 1. The van der Waals surface area contributed by atoms with Gasteiger partial charge in [-0.1, -0.05) is 24.3 Å². The van der Waals surface area contributed by atoms with E-state index in [-0.39, 0.29) is 38.6 Å². The largest absolute Gasteiger partial charge is 0.328 e. The first-order valence-electron chi connectivity index (χ1n) is 8.04. The topological polar surface area (TPSA) is 80.2 Å². The zero-order valence-electron chi connectivity index (χ0n) is 13.4. The van der Waals surface area contributed by atoms with Gasteiger partial charge in [0.2, 0.25) is 11.6 Å². The molecule has 0 saturated heterocycles. The first-order chi connectivity index (χ1) is 12.6. The molecule has 126 valence electrons. The van der Waals surface area contributed by atoms with Gasteiger partial charge in [0.05, 0.1) is 5.56 Å². The summed E-state index contributed by atoms with van der Waals surface area (Å²) in [5.74, 6) is -0.899. The standard InChI is InChI=1S/C19H11N3O3S/c23-15-13-7-20-6-5-12(13)16(24)17-14(15)21-18(26-17)19(25)22-8-10-3-1-2-4-11(10)9-22/h1-7H,8-9H2. The van der Waals surface area contributed by atoms with E-state index in [1.54, 1.807) is 4.90 Å². The summed E-state index contributed by atoms with van der Waals surface area (Å²) in [5.41, 5.74) is 2.82. The number of fused-ring (bicyclic) bond motifs is 3. The average Bonchev–Trinajstić information content (AvgIpc) is 3.30. The molecule has 0 N–H and O–H groups in total. The molecule has 3 heterocycles. The summed E-state index contributed by atoms with van der Waals surface area (Å²) < 4.78 is 0. The summed E-state index contributed by atoms with van der Waals surface area (Å²) in [4.78, 5) is 48.2. The lowest BCUT2D eigenvalue weighted by molar-refractivity contribution is 0.0750. The zero-order valence-corrected chi connectivity index (χ0v) is 14.2. The van der Waals surface area contributed by atoms with Crippen LogP contribution in [-0.2, 0) is 13.1 Å². The molecule has 5 rings (SSSR count). The molecule has 0 atom stereocenters. The lowest BCUT2D eigenvalue weighted by atomic mass is 9.93. The van der Waals surface area contributed by atoms with Crippen molar-refractivity contribution in [3.63, 3.8) is 0 Å². The zero-order chi connectivity index (χ0) is 17.8. The lowest BCUT2D eigenvalue weighted by Crippen LogP contribution is -2.25. The fourth-order valence-corrected chi connectivity index (χ4v) is 4.34. The molecule has 1 aliphatic carbocycles. The summed E-state index contributed by atoms with van der Waals surface area (Å²) in [6.07, 6.45) is 2.85. The van der Waals surface area contributed by atoms with Crippen molar-refractivity contribution in [1.82, 2.24) is 14.9 Å². The van der Waals surface area contributed by atoms with E-state index in [9.17, 15) is 14.4 Å². The fraction of sp³-hybridized carbons (Fsp3) is 0.105. The lowest BCUT2D eigenvalue weighted by Gasteiger charge is -2.12. The summed E-state index contributed by atoms with van der Waals surface area (Å²) in [6.45, 7) is 1.01. The van der Waals surface area contributed by atoms with Gasteiger partial charge in [0.1, 0.15) is 10.6 Å². The number of carbonyl (C=O) groups is 3. The van der Waals surface area contributed by atoms with E-state index in [0.29, 0.717) is 18.7 Å². The smallest absolute Gasteiger partial charge is 0.283 e. The van der Waals surface area contributed by atoms with Crippen LogP contribution < -0.4 is 0 Å². The van der Waals surface area contributed by atoms with E-state index in [4.69, 9.17) is 0 Å². The van der Waals surface area contributed by atoms with Gasteiger partial charge in [0.25, 0.3) is 5.91 Å². The Hall–Kier alpha value is -3.19. The number of aromatic nitrogens is 2. The van der Waals surface area contributed by atoms with Crippen LogP contribution in [0, 0.1) is 0 Å². The van der Waals surface area contributed by atoms with Crippen molar-refractivity contribution in [2.24, 2.45) is 0 Å². The van der Waals surface area contributed by atoms with Crippen LogP contribution in [-0.4, -0.2) is 32.3 Å². The SMILES string of the molecule is O=C1c2cnccc2C(=O)c2sc(C(=O)N3Cc4ccccc4C3)nc21. The maximum Gasteiger partial charge on any atom is 0.283 e. The number of pyridine rings is 1. The molecule has 3 aromatic rings. The van der Waals surface area contributed by atoms with Gasteiger partial charge in [-0.25, -0.2) is 4.98 Å². The Morgan fingerprint density at radius 2 is 1.73 bits per heavy atom. The number of nitrogens with zero attached hydrogens (tertiary/aromatic N) is 3. The minimum Gasteiger partial charge on any atom is -0.328 e. The van der Waals surface area contributed by atoms with Crippen LogP contribution >= 0.6 is 11.3 Å². The van der Waals surface area contributed by atoms with Gasteiger partial charge in [-0.15, -0.1) is 11.3 Å². The van der Waals surface area contributed by atoms with E-state index >= 15 is 0 Å². The van der Waals surface area contributed by atoms with E-state index in [1.165, 1.54) is 18.5 Å². The number of benzene rings is 1. The molecular formula is C19H11N3O3S. The first-order valence-corrected chi connectivity index (χ1v) is 8.85. The van der Waals surface area contributed by atoms with E-state index in [1.807, 2.05) is 24.3 Å². The van der Waals surface area contributed by atoms with Gasteiger partial charge in [-0.3, -0.25) is 19.4 Å². The van der Waals surface area contributed by atoms with Crippen LogP contribution in [0.25, 0.3) is 0 Å². The van der Waals surface area contributed by atoms with Gasteiger partial charge in [0.15, 0.2) is 5.01 Å². The molecule has 7 heteroatoms. The molecule has 0 fully saturated rings. The molecule has 1 aromatic carbocycles. The second-order valence-electron chi connectivity index (χ2n) is 6.21. The van der Waals surface area contributed by atoms with Crippen LogP contribution in [0.15, 0.2) is 42.7 Å². The predicted molar refractivity (Wildman–Crippen MR) is 93.2 cm³/mol. The Morgan fingerprint density at radius 1 is 1.00 bits per heavy atom. The van der Waals surface area contributed by atoms with Gasteiger partial charge in [-0.05, 0) is 17.2 Å². The number of hydrogen-bond acceptors (Lipinski definition) is 6. The molecule has 6 nitrogen and oxygen atoms in total. The monoisotopic (exact) mass is 361 g/mol. The Morgan fingerprint density at radius 3 is 2.46 bits per heavy atom. The third-order valence-corrected chi connectivity index (χ3v) is 5.71. The third kappa shape index (κ3) is 2.07. The molecule has 2 aliphatic rings.